The molecule has 3 aromatic rings. The Hall–Kier alpha value is -3.28. The Kier molecular flexibility index (Phi) is 3.06. The largest absolute Gasteiger partial charge is 0.506 e. The van der Waals surface area contributed by atoms with Crippen LogP contribution in [0.1, 0.15) is 27.6 Å². The van der Waals surface area contributed by atoms with Crippen molar-refractivity contribution in [2.75, 3.05) is 7.11 Å². The molecule has 2 heterocycles. The molecule has 0 fully saturated rings. The van der Waals surface area contributed by atoms with Crippen molar-refractivity contribution in [1.82, 2.24) is 0 Å². The number of hydrogen-bond acceptors (Lipinski definition) is 6. The number of aromatic hydroxyl groups is 1. The summed E-state index contributed by atoms with van der Waals surface area (Å²) in [4.78, 5) is 24.4. The highest BCUT2D eigenvalue weighted by Crippen LogP contribution is 2.40. The van der Waals surface area contributed by atoms with E-state index in [0.29, 0.717) is 22.3 Å². The van der Waals surface area contributed by atoms with E-state index >= 15 is 0 Å². The molecule has 1 unspecified atom stereocenters. The van der Waals surface area contributed by atoms with Crippen LogP contribution in [-0.4, -0.2) is 18.2 Å². The Morgan fingerprint density at radius 3 is 2.71 bits per heavy atom. The summed E-state index contributed by atoms with van der Waals surface area (Å²) in [5, 5.41) is 10.9. The number of rotatable bonds is 2. The van der Waals surface area contributed by atoms with Crippen LogP contribution in [0.3, 0.4) is 0 Å². The normalized spacial score (nSPS) is 16.0. The zero-order valence-electron chi connectivity index (χ0n) is 12.6. The van der Waals surface area contributed by atoms with E-state index < -0.39 is 17.7 Å². The van der Waals surface area contributed by atoms with E-state index in [9.17, 15) is 14.7 Å². The van der Waals surface area contributed by atoms with Gasteiger partial charge in [0.15, 0.2) is 6.10 Å². The lowest BCUT2D eigenvalue weighted by molar-refractivity contribution is 0.0448. The number of hydrogen-bond donors (Lipinski definition) is 1. The Balaban J connectivity index is 1.96. The molecule has 0 amide bonds. The highest BCUT2D eigenvalue weighted by Gasteiger charge is 2.36. The second-order valence-corrected chi connectivity index (χ2v) is 5.39. The van der Waals surface area contributed by atoms with Crippen LogP contribution in [0.2, 0.25) is 0 Å². The Morgan fingerprint density at radius 2 is 1.92 bits per heavy atom. The zero-order valence-corrected chi connectivity index (χ0v) is 12.6. The third-order valence-electron chi connectivity index (χ3n) is 4.07. The van der Waals surface area contributed by atoms with Gasteiger partial charge in [-0.15, -0.1) is 0 Å². The molecule has 0 saturated carbocycles. The number of ether oxygens (including phenoxy) is 2. The summed E-state index contributed by atoms with van der Waals surface area (Å²) in [6.45, 7) is 0. The van der Waals surface area contributed by atoms with E-state index in [2.05, 4.69) is 0 Å². The van der Waals surface area contributed by atoms with E-state index in [1.54, 1.807) is 36.4 Å². The van der Waals surface area contributed by atoms with Gasteiger partial charge in [-0.25, -0.2) is 9.59 Å². The van der Waals surface area contributed by atoms with Gasteiger partial charge in [-0.3, -0.25) is 0 Å². The number of esters is 1. The quantitative estimate of drug-likeness (QED) is 0.576. The summed E-state index contributed by atoms with van der Waals surface area (Å²) in [7, 11) is 1.49. The van der Waals surface area contributed by atoms with Gasteiger partial charge in [0.25, 0.3) is 0 Å². The van der Waals surface area contributed by atoms with Gasteiger partial charge in [0.05, 0.1) is 18.1 Å². The van der Waals surface area contributed by atoms with Gasteiger partial charge in [0, 0.05) is 11.6 Å². The fourth-order valence-corrected chi connectivity index (χ4v) is 2.90. The molecule has 0 radical (unpaired) electrons. The molecular formula is C18H12O6. The fourth-order valence-electron chi connectivity index (χ4n) is 2.90. The first-order valence-corrected chi connectivity index (χ1v) is 7.24. The molecule has 0 aliphatic carbocycles. The number of fused-ring (bicyclic) bond motifs is 2. The van der Waals surface area contributed by atoms with Gasteiger partial charge in [-0.1, -0.05) is 18.2 Å². The van der Waals surface area contributed by atoms with Crippen molar-refractivity contribution in [1.29, 1.82) is 0 Å². The zero-order chi connectivity index (χ0) is 16.8. The van der Waals surface area contributed by atoms with Crippen LogP contribution in [0.5, 0.6) is 11.5 Å². The van der Waals surface area contributed by atoms with E-state index in [0.717, 1.165) is 0 Å². The fraction of sp³-hybridized carbons (Fsp3) is 0.111. The standard InChI is InChI=1S/C18H12O6/c1-22-9-6-7-12-13(8-9)23-18(21)14(15(12)19)16-10-4-2-3-5-11(10)17(20)24-16/h2-8,16,19H,1H3. The highest BCUT2D eigenvalue weighted by molar-refractivity contribution is 5.95. The molecule has 2 aromatic carbocycles. The molecule has 1 aromatic heterocycles. The van der Waals surface area contributed by atoms with Crippen LogP contribution >= 0.6 is 0 Å². The number of carbonyl (C=O) groups is 1. The summed E-state index contributed by atoms with van der Waals surface area (Å²) >= 11 is 0. The molecule has 1 aliphatic heterocycles. The van der Waals surface area contributed by atoms with Gasteiger partial charge in [-0.05, 0) is 18.2 Å². The minimum atomic E-state index is -0.989. The first kappa shape index (κ1) is 14.3. The molecule has 0 bridgehead atoms. The highest BCUT2D eigenvalue weighted by atomic mass is 16.6. The minimum Gasteiger partial charge on any atom is -0.506 e. The average Bonchev–Trinajstić information content (AvgIpc) is 2.91. The first-order chi connectivity index (χ1) is 11.6. The van der Waals surface area contributed by atoms with Crippen molar-refractivity contribution >= 4 is 16.9 Å². The topological polar surface area (TPSA) is 86.0 Å². The Morgan fingerprint density at radius 1 is 1.12 bits per heavy atom. The first-order valence-electron chi connectivity index (χ1n) is 7.24. The maximum absolute atomic E-state index is 12.4. The van der Waals surface area contributed by atoms with Crippen molar-refractivity contribution in [2.45, 2.75) is 6.10 Å². The predicted molar refractivity (Wildman–Crippen MR) is 84.4 cm³/mol. The van der Waals surface area contributed by atoms with Crippen molar-refractivity contribution < 1.29 is 23.8 Å². The lowest BCUT2D eigenvalue weighted by Gasteiger charge is -2.13. The lowest BCUT2D eigenvalue weighted by atomic mass is 9.99. The monoisotopic (exact) mass is 324 g/mol. The van der Waals surface area contributed by atoms with Crippen LogP contribution < -0.4 is 10.4 Å². The summed E-state index contributed by atoms with van der Waals surface area (Å²) in [6.07, 6.45) is -0.989. The van der Waals surface area contributed by atoms with Crippen molar-refractivity contribution in [3.8, 4) is 11.5 Å². The number of benzene rings is 2. The third-order valence-corrected chi connectivity index (χ3v) is 4.07. The minimum absolute atomic E-state index is 0.0917. The Bertz CT molecular complexity index is 1030. The summed E-state index contributed by atoms with van der Waals surface area (Å²) in [5.41, 5.74) is 0.237. The maximum atomic E-state index is 12.4. The summed E-state index contributed by atoms with van der Waals surface area (Å²) < 4.78 is 15.7. The van der Waals surface area contributed by atoms with Crippen LogP contribution in [-0.2, 0) is 4.74 Å². The van der Waals surface area contributed by atoms with Crippen LogP contribution in [0.4, 0.5) is 0 Å². The number of carbonyl (C=O) groups excluding carboxylic acids is 1. The summed E-state index contributed by atoms with van der Waals surface area (Å²) in [5.74, 6) is -0.307. The van der Waals surface area contributed by atoms with E-state index in [1.807, 2.05) is 0 Å². The molecule has 4 rings (SSSR count). The molecule has 1 N–H and O–H groups in total. The number of cyclic esters (lactones) is 1. The van der Waals surface area contributed by atoms with E-state index in [-0.39, 0.29) is 16.9 Å². The molecule has 0 spiro atoms. The van der Waals surface area contributed by atoms with Crippen molar-refractivity contribution in [2.24, 2.45) is 0 Å². The third kappa shape index (κ3) is 1.96. The van der Waals surface area contributed by atoms with E-state index in [4.69, 9.17) is 13.9 Å². The van der Waals surface area contributed by atoms with Crippen LogP contribution in [0.25, 0.3) is 11.0 Å². The molecular weight excluding hydrogens is 312 g/mol. The SMILES string of the molecule is COc1ccc2c(O)c(C3OC(=O)c4ccccc43)c(=O)oc2c1. The van der Waals surface area contributed by atoms with Gasteiger partial charge in [0.1, 0.15) is 22.6 Å². The molecule has 120 valence electrons. The second-order valence-electron chi connectivity index (χ2n) is 5.39. The van der Waals surface area contributed by atoms with E-state index in [1.165, 1.54) is 13.2 Å². The van der Waals surface area contributed by atoms with Gasteiger partial charge < -0.3 is 19.0 Å². The van der Waals surface area contributed by atoms with Gasteiger partial charge in [-0.2, -0.15) is 0 Å². The van der Waals surface area contributed by atoms with Crippen molar-refractivity contribution in [3.63, 3.8) is 0 Å². The molecule has 0 saturated heterocycles. The number of methoxy groups -OCH3 is 1. The molecule has 1 atom stereocenters. The lowest BCUT2D eigenvalue weighted by Crippen LogP contribution is -2.14. The molecule has 6 heteroatoms. The van der Waals surface area contributed by atoms with Crippen LogP contribution in [0.15, 0.2) is 51.7 Å². The molecule has 6 nitrogen and oxygen atoms in total. The molecule has 24 heavy (non-hydrogen) atoms. The summed E-state index contributed by atoms with van der Waals surface area (Å²) in [6, 6.07) is 11.5. The predicted octanol–water partition coefficient (Wildman–Crippen LogP) is 2.77. The second kappa shape index (κ2) is 5.13. The average molecular weight is 324 g/mol. The Labute approximate surface area is 135 Å². The van der Waals surface area contributed by atoms with Crippen molar-refractivity contribution in [3.05, 3.63) is 69.6 Å². The maximum Gasteiger partial charge on any atom is 0.347 e. The van der Waals surface area contributed by atoms with Crippen LogP contribution in [0, 0.1) is 0 Å². The smallest absolute Gasteiger partial charge is 0.347 e. The van der Waals surface area contributed by atoms with Gasteiger partial charge >= 0.3 is 11.6 Å². The molecule has 1 aliphatic rings. The van der Waals surface area contributed by atoms with Gasteiger partial charge in [0.2, 0.25) is 0 Å².